The number of benzene rings is 6. The third kappa shape index (κ3) is 12.7. The molecule has 0 radical (unpaired) electrons. The fourth-order valence-electron chi connectivity index (χ4n) is 7.50. The van der Waals surface area contributed by atoms with E-state index in [0.717, 1.165) is 59.8 Å². The fourth-order valence-corrected chi connectivity index (χ4v) is 8.28. The molecule has 6 aromatic carbocycles. The average molecular weight is 915 g/mol. The smallest absolute Gasteiger partial charge is 0.736 e. The first-order valence-corrected chi connectivity index (χ1v) is 23.2. The van der Waals surface area contributed by atoms with E-state index in [1.807, 2.05) is 123 Å². The van der Waals surface area contributed by atoms with Gasteiger partial charge in [-0.05, 0) is 124 Å². The minimum absolute atomic E-state index is 0. The Labute approximate surface area is 411 Å². The molecule has 0 bridgehead atoms. The number of phosphoric ester groups is 1. The Bertz CT molecular complexity index is 2520. The van der Waals surface area contributed by atoms with Crippen LogP contribution in [0, 0.1) is 13.8 Å². The van der Waals surface area contributed by atoms with Crippen LogP contribution >= 0.6 is 7.82 Å². The van der Waals surface area contributed by atoms with Crippen LogP contribution in [0.15, 0.2) is 133 Å². The number of phosphoric acid groups is 1. The van der Waals surface area contributed by atoms with Gasteiger partial charge in [-0.2, -0.15) is 0 Å². The van der Waals surface area contributed by atoms with Gasteiger partial charge >= 0.3 is 37.4 Å². The van der Waals surface area contributed by atoms with Crippen molar-refractivity contribution in [2.75, 3.05) is 50.2 Å². The Morgan fingerprint density at radius 3 is 1.17 bits per heavy atom. The van der Waals surface area contributed by atoms with Crippen LogP contribution in [0.5, 0.6) is 23.0 Å². The number of nitrogens with zero attached hydrogens (tertiary/aromatic N) is 2. The molecular formula is C54H56N2NaO8P. The quantitative estimate of drug-likeness (QED) is 0.0242. The number of hydrogen-bond acceptors (Lipinski definition) is 10. The van der Waals surface area contributed by atoms with Gasteiger partial charge in [0.1, 0.15) is 23.0 Å². The average Bonchev–Trinajstić information content (AvgIpc) is 3.31. The van der Waals surface area contributed by atoms with E-state index in [-0.39, 0.29) is 75.2 Å². The maximum atomic E-state index is 14.4. The fraction of sp³-hybridized carbons (Fsp3) is 0.222. The number of Topliss-reactive ketones (excluding diaryl/α,β-unsaturated/α-hetero) is 2. The van der Waals surface area contributed by atoms with E-state index in [1.165, 1.54) is 50.6 Å². The largest absolute Gasteiger partial charge is 1.00 e. The SMILES string of the molecule is CCN(CC)c1ccc(C=C(C(=O)c2ccc(OP(=O)([O-])Oc3ccc(C(=O)C(=Cc4ccc(N(CC)CC)cc4)c4ccc(C)cc4)c(OC)c3)cc2OC)c2ccc(C)cc2)cc1.[Na+]. The third-order valence-corrected chi connectivity index (χ3v) is 12.0. The number of allylic oxidation sites excluding steroid dienone is 2. The van der Waals surface area contributed by atoms with E-state index in [9.17, 15) is 19.0 Å². The van der Waals surface area contributed by atoms with Gasteiger partial charge in [0.2, 0.25) is 0 Å². The standard InChI is InChI=1S/C54H57N2O8P.Na/c1-9-55(10-2)43-25-17-39(18-26-43)33-49(41-21-13-37(5)14-22-41)53(57)47-31-29-45(35-51(47)61-7)63-65(59,60)64-46-30-32-48(52(36-46)62-8)54(58)50(42-23-15-38(6)16-24-42)34-40-19-27-44(28-20-40)56(11-3)12-4;/h13-36H,9-12H2,1-8H3,(H,59,60);/q;+1/p-1. The van der Waals surface area contributed by atoms with Crippen molar-refractivity contribution in [1.82, 2.24) is 0 Å². The maximum Gasteiger partial charge on any atom is 1.00 e. The molecule has 0 saturated heterocycles. The van der Waals surface area contributed by atoms with Gasteiger partial charge in [-0.3, -0.25) is 9.59 Å². The molecule has 6 aromatic rings. The van der Waals surface area contributed by atoms with Crippen molar-refractivity contribution in [3.05, 3.63) is 178 Å². The molecule has 0 saturated carbocycles. The second-order valence-corrected chi connectivity index (χ2v) is 16.6. The van der Waals surface area contributed by atoms with Crippen molar-refractivity contribution in [3.8, 4) is 23.0 Å². The third-order valence-electron chi connectivity index (χ3n) is 11.1. The number of carbonyl (C=O) groups excluding carboxylic acids is 2. The number of carbonyl (C=O) groups is 2. The predicted octanol–water partition coefficient (Wildman–Crippen LogP) is 8.79. The second-order valence-electron chi connectivity index (χ2n) is 15.4. The van der Waals surface area contributed by atoms with Crippen LogP contribution in [0.1, 0.15) is 81.8 Å². The number of ether oxygens (including phenoxy) is 2. The topological polar surface area (TPSA) is 118 Å². The molecule has 336 valence electrons. The van der Waals surface area contributed by atoms with Gasteiger partial charge in [0, 0.05) is 60.8 Å². The molecule has 0 aliphatic heterocycles. The summed E-state index contributed by atoms with van der Waals surface area (Å²) in [5.41, 5.74) is 8.60. The number of ketones is 2. The Morgan fingerprint density at radius 2 is 0.864 bits per heavy atom. The number of aryl methyl sites for hydroxylation is 2. The van der Waals surface area contributed by atoms with Crippen molar-refractivity contribution in [2.45, 2.75) is 41.5 Å². The first-order valence-electron chi connectivity index (χ1n) is 21.7. The van der Waals surface area contributed by atoms with Gasteiger partial charge in [0.05, 0.1) is 25.3 Å². The molecular weight excluding hydrogens is 859 g/mol. The van der Waals surface area contributed by atoms with E-state index in [2.05, 4.69) is 37.5 Å². The van der Waals surface area contributed by atoms with E-state index < -0.39 is 7.82 Å². The van der Waals surface area contributed by atoms with Crippen molar-refractivity contribution in [1.29, 1.82) is 0 Å². The van der Waals surface area contributed by atoms with Gasteiger partial charge < -0.3 is 33.2 Å². The minimum Gasteiger partial charge on any atom is -0.736 e. The van der Waals surface area contributed by atoms with Crippen LogP contribution in [-0.4, -0.2) is 52.0 Å². The monoisotopic (exact) mass is 914 g/mol. The second kappa shape index (κ2) is 23.5. The Kier molecular flexibility index (Phi) is 18.2. The Balaban J connectivity index is 0.00000817. The molecule has 0 aliphatic rings. The Morgan fingerprint density at radius 1 is 0.530 bits per heavy atom. The molecule has 0 amide bonds. The van der Waals surface area contributed by atoms with Gasteiger partial charge in [-0.25, -0.2) is 4.57 Å². The normalized spacial score (nSPS) is 12.3. The summed E-state index contributed by atoms with van der Waals surface area (Å²) in [5.74, 6) is -0.736. The molecule has 0 spiro atoms. The zero-order valence-electron chi connectivity index (χ0n) is 39.3. The van der Waals surface area contributed by atoms with Crippen molar-refractivity contribution < 1.29 is 67.1 Å². The number of methoxy groups -OCH3 is 2. The first kappa shape index (κ1) is 51.1. The predicted molar refractivity (Wildman–Crippen MR) is 262 cm³/mol. The van der Waals surface area contributed by atoms with Gasteiger partial charge in [0.25, 0.3) is 0 Å². The number of hydrogen-bond donors (Lipinski definition) is 0. The zero-order chi connectivity index (χ0) is 46.7. The summed E-state index contributed by atoms with van der Waals surface area (Å²) in [5, 5.41) is 0. The molecule has 0 atom stereocenters. The summed E-state index contributed by atoms with van der Waals surface area (Å²) >= 11 is 0. The van der Waals surface area contributed by atoms with Crippen LogP contribution in [0.2, 0.25) is 0 Å². The minimum atomic E-state index is -5.10. The van der Waals surface area contributed by atoms with Crippen LogP contribution < -0.4 is 62.8 Å². The van der Waals surface area contributed by atoms with Crippen LogP contribution in [0.25, 0.3) is 23.3 Å². The molecule has 12 heteroatoms. The molecule has 0 heterocycles. The molecule has 0 aromatic heterocycles. The summed E-state index contributed by atoms with van der Waals surface area (Å²) in [4.78, 5) is 46.6. The van der Waals surface area contributed by atoms with E-state index in [4.69, 9.17) is 18.5 Å². The van der Waals surface area contributed by atoms with E-state index >= 15 is 0 Å². The molecule has 10 nitrogen and oxygen atoms in total. The maximum absolute atomic E-state index is 14.4. The van der Waals surface area contributed by atoms with Crippen LogP contribution in [0.3, 0.4) is 0 Å². The first-order chi connectivity index (χ1) is 31.3. The molecule has 0 aliphatic carbocycles. The van der Waals surface area contributed by atoms with Gasteiger partial charge in [-0.15, -0.1) is 0 Å². The van der Waals surface area contributed by atoms with Gasteiger partial charge in [0.15, 0.2) is 11.6 Å². The van der Waals surface area contributed by atoms with E-state index in [0.29, 0.717) is 22.3 Å². The molecule has 0 fully saturated rings. The van der Waals surface area contributed by atoms with Crippen molar-refractivity contribution in [3.63, 3.8) is 0 Å². The summed E-state index contributed by atoms with van der Waals surface area (Å²) in [6.07, 6.45) is 3.67. The summed E-state index contributed by atoms with van der Waals surface area (Å²) in [6.45, 7) is 15.9. The number of anilines is 2. The zero-order valence-corrected chi connectivity index (χ0v) is 42.2. The molecule has 66 heavy (non-hydrogen) atoms. The van der Waals surface area contributed by atoms with Crippen LogP contribution in [0.4, 0.5) is 11.4 Å². The molecule has 0 unspecified atom stereocenters. The van der Waals surface area contributed by atoms with E-state index in [1.54, 1.807) is 0 Å². The Hall–Kier alpha value is -5.87. The number of rotatable bonds is 20. The summed E-state index contributed by atoms with van der Waals surface area (Å²) in [7, 11) is -2.32. The van der Waals surface area contributed by atoms with Crippen LogP contribution in [-0.2, 0) is 4.57 Å². The molecule has 6 rings (SSSR count). The van der Waals surface area contributed by atoms with Gasteiger partial charge in [-0.1, -0.05) is 83.9 Å². The summed E-state index contributed by atoms with van der Waals surface area (Å²) in [6, 6.07) is 39.7. The van der Waals surface area contributed by atoms with Crippen molar-refractivity contribution >= 4 is 54.1 Å². The van der Waals surface area contributed by atoms with Crippen molar-refractivity contribution in [2.24, 2.45) is 0 Å². The molecule has 0 N–H and O–H groups in total. The summed E-state index contributed by atoms with van der Waals surface area (Å²) < 4.78 is 35.4.